The number of anilines is 3. The summed E-state index contributed by atoms with van der Waals surface area (Å²) in [7, 11) is 1.86. The van der Waals surface area contributed by atoms with Crippen molar-refractivity contribution in [2.24, 2.45) is 0 Å². The predicted molar refractivity (Wildman–Crippen MR) is 113 cm³/mol. The van der Waals surface area contributed by atoms with Gasteiger partial charge in [-0.25, -0.2) is 15.0 Å². The molecule has 2 aliphatic heterocycles. The fourth-order valence-corrected chi connectivity index (χ4v) is 4.42. The molecule has 29 heavy (non-hydrogen) atoms. The average Bonchev–Trinajstić information content (AvgIpc) is 3.28. The van der Waals surface area contributed by atoms with E-state index in [1.54, 1.807) is 9.80 Å². The van der Waals surface area contributed by atoms with E-state index in [2.05, 4.69) is 21.8 Å². The molecule has 3 aromatic rings. The number of fused-ring (bicyclic) bond motifs is 2. The summed E-state index contributed by atoms with van der Waals surface area (Å²) in [4.78, 5) is 23.7. The van der Waals surface area contributed by atoms with Crippen molar-refractivity contribution < 1.29 is 5.11 Å². The van der Waals surface area contributed by atoms with E-state index in [0.717, 1.165) is 47.1 Å². The molecule has 0 saturated carbocycles. The molecule has 0 aliphatic carbocycles. The molecule has 0 bridgehead atoms. The molecule has 1 fully saturated rings. The van der Waals surface area contributed by atoms with Crippen LogP contribution in [0.3, 0.4) is 0 Å². The smallest absolute Gasteiger partial charge is 0.215 e. The predicted octanol–water partition coefficient (Wildman–Crippen LogP) is 3.07. The number of para-hydroxylation sites is 2. The van der Waals surface area contributed by atoms with Crippen LogP contribution in [-0.4, -0.2) is 56.4 Å². The topological polar surface area (TPSA) is 84.4 Å². The maximum Gasteiger partial charge on any atom is 0.215 e. The Morgan fingerprint density at radius 2 is 1.86 bits per heavy atom. The van der Waals surface area contributed by atoms with Crippen LogP contribution in [-0.2, 0) is 0 Å². The Morgan fingerprint density at radius 3 is 2.62 bits per heavy atom. The molecule has 152 valence electrons. The van der Waals surface area contributed by atoms with Gasteiger partial charge in [-0.3, -0.25) is 9.80 Å². The van der Waals surface area contributed by atoms with Crippen LogP contribution in [0, 0.1) is 6.92 Å². The van der Waals surface area contributed by atoms with Crippen molar-refractivity contribution in [3.8, 4) is 0 Å². The minimum absolute atomic E-state index is 0.157. The Morgan fingerprint density at radius 1 is 1.10 bits per heavy atom. The number of aromatic amines is 1. The summed E-state index contributed by atoms with van der Waals surface area (Å²) >= 11 is 0. The van der Waals surface area contributed by atoms with Crippen LogP contribution >= 0.6 is 0 Å². The number of rotatable bonds is 3. The lowest BCUT2D eigenvalue weighted by molar-refractivity contribution is 0.168. The molecule has 2 N–H and O–H groups in total. The van der Waals surface area contributed by atoms with E-state index < -0.39 is 6.35 Å². The molecule has 2 atom stereocenters. The Kier molecular flexibility index (Phi) is 4.40. The number of nitrogens with zero attached hydrogens (tertiary/aromatic N) is 6. The number of hydrogen-bond acceptors (Lipinski definition) is 7. The van der Waals surface area contributed by atoms with Crippen molar-refractivity contribution in [2.75, 3.05) is 29.9 Å². The average molecular weight is 393 g/mol. The zero-order valence-corrected chi connectivity index (χ0v) is 17.1. The van der Waals surface area contributed by atoms with Gasteiger partial charge in [0.1, 0.15) is 11.5 Å². The molecule has 0 spiro atoms. The fourth-order valence-electron chi connectivity index (χ4n) is 4.42. The van der Waals surface area contributed by atoms with E-state index in [0.29, 0.717) is 5.95 Å². The lowest BCUT2D eigenvalue weighted by Crippen LogP contribution is -2.39. The molecule has 2 aliphatic rings. The van der Waals surface area contributed by atoms with E-state index in [1.165, 1.54) is 19.3 Å². The van der Waals surface area contributed by atoms with Gasteiger partial charge in [-0.1, -0.05) is 18.6 Å². The van der Waals surface area contributed by atoms with Crippen molar-refractivity contribution in [2.45, 2.75) is 45.5 Å². The van der Waals surface area contributed by atoms with Gasteiger partial charge in [-0.2, -0.15) is 0 Å². The van der Waals surface area contributed by atoms with E-state index in [9.17, 15) is 5.11 Å². The highest BCUT2D eigenvalue weighted by Gasteiger charge is 2.39. The first-order valence-corrected chi connectivity index (χ1v) is 10.3. The van der Waals surface area contributed by atoms with Crippen LogP contribution in [0.5, 0.6) is 0 Å². The molecule has 2 aromatic heterocycles. The minimum Gasteiger partial charge on any atom is -0.356 e. The van der Waals surface area contributed by atoms with Crippen LogP contribution in [0.4, 0.5) is 17.5 Å². The Bertz CT molecular complexity index is 1010. The largest absolute Gasteiger partial charge is 0.356 e. The lowest BCUT2D eigenvalue weighted by atomic mass is 10.1. The van der Waals surface area contributed by atoms with Gasteiger partial charge in [0.05, 0.1) is 22.8 Å². The third-order valence-electron chi connectivity index (χ3n) is 6.13. The van der Waals surface area contributed by atoms with E-state index in [-0.39, 0.29) is 6.04 Å². The highest BCUT2D eigenvalue weighted by Crippen LogP contribution is 2.43. The number of hydrogen-bond donors (Lipinski definition) is 2. The van der Waals surface area contributed by atoms with Crippen molar-refractivity contribution in [1.29, 1.82) is 0 Å². The molecule has 8 nitrogen and oxygen atoms in total. The van der Waals surface area contributed by atoms with E-state index in [1.807, 2.05) is 38.2 Å². The summed E-state index contributed by atoms with van der Waals surface area (Å²) in [6.07, 6.45) is 2.87. The number of imidazole rings is 1. The Labute approximate surface area is 170 Å². The zero-order chi connectivity index (χ0) is 20.1. The summed E-state index contributed by atoms with van der Waals surface area (Å²) < 4.78 is 0. The van der Waals surface area contributed by atoms with Gasteiger partial charge in [0.15, 0.2) is 5.82 Å². The van der Waals surface area contributed by atoms with Crippen LogP contribution in [0.25, 0.3) is 11.0 Å². The van der Waals surface area contributed by atoms with Crippen molar-refractivity contribution in [3.05, 3.63) is 35.8 Å². The van der Waals surface area contributed by atoms with Gasteiger partial charge >= 0.3 is 0 Å². The number of benzene rings is 1. The zero-order valence-electron chi connectivity index (χ0n) is 17.1. The van der Waals surface area contributed by atoms with Gasteiger partial charge in [0.25, 0.3) is 0 Å². The molecule has 2 unspecified atom stereocenters. The Hall–Kier alpha value is -2.71. The second kappa shape index (κ2) is 6.96. The van der Waals surface area contributed by atoms with Gasteiger partial charge in [-0.15, -0.1) is 0 Å². The SMILES string of the molecule is Cc1nc(C(C)N2CCCCC2)nc2c1N(c1nc3ccccc3[nH]1)C(O)N2C. The summed E-state index contributed by atoms with van der Waals surface area (Å²) in [5.74, 6) is 2.14. The highest BCUT2D eigenvalue weighted by atomic mass is 16.3. The molecular formula is C21H27N7O. The molecule has 1 aromatic carbocycles. The van der Waals surface area contributed by atoms with Gasteiger partial charge in [-0.05, 0) is 51.9 Å². The molecule has 8 heteroatoms. The molecule has 5 rings (SSSR count). The van der Waals surface area contributed by atoms with Gasteiger partial charge < -0.3 is 15.0 Å². The third kappa shape index (κ3) is 2.94. The molecule has 4 heterocycles. The van der Waals surface area contributed by atoms with Gasteiger partial charge in [0.2, 0.25) is 12.3 Å². The monoisotopic (exact) mass is 393 g/mol. The van der Waals surface area contributed by atoms with Crippen molar-refractivity contribution >= 4 is 28.5 Å². The van der Waals surface area contributed by atoms with Crippen LogP contribution in [0.2, 0.25) is 0 Å². The highest BCUT2D eigenvalue weighted by molar-refractivity contribution is 5.84. The van der Waals surface area contributed by atoms with Crippen molar-refractivity contribution in [1.82, 2.24) is 24.8 Å². The van der Waals surface area contributed by atoms with Crippen LogP contribution in [0.1, 0.15) is 43.7 Å². The van der Waals surface area contributed by atoms with Crippen LogP contribution in [0.15, 0.2) is 24.3 Å². The number of H-pyrrole nitrogens is 1. The maximum atomic E-state index is 11.0. The first-order chi connectivity index (χ1) is 14.0. The number of aromatic nitrogens is 4. The first-order valence-electron chi connectivity index (χ1n) is 10.3. The van der Waals surface area contributed by atoms with E-state index >= 15 is 0 Å². The summed E-state index contributed by atoms with van der Waals surface area (Å²) in [6.45, 7) is 6.33. The third-order valence-corrected chi connectivity index (χ3v) is 6.13. The maximum absolute atomic E-state index is 11.0. The summed E-state index contributed by atoms with van der Waals surface area (Å²) in [6, 6.07) is 8.01. The molecule has 1 saturated heterocycles. The number of aryl methyl sites for hydroxylation is 1. The summed E-state index contributed by atoms with van der Waals surface area (Å²) in [5.41, 5.74) is 3.44. The van der Waals surface area contributed by atoms with E-state index in [4.69, 9.17) is 9.97 Å². The lowest BCUT2D eigenvalue weighted by Gasteiger charge is -2.31. The number of nitrogens with one attached hydrogen (secondary N) is 1. The standard InChI is InChI=1S/C21H27N7O/c1-13-17-19(25-18(22-13)14(2)27-11-7-4-8-12-27)26(3)21(29)28(17)20-23-15-9-5-6-10-16(15)24-20/h5-6,9-10,14,21,29H,4,7-8,11-12H2,1-3H3,(H,23,24). The second-order valence-corrected chi connectivity index (χ2v) is 8.02. The van der Waals surface area contributed by atoms with Crippen LogP contribution < -0.4 is 9.80 Å². The molecule has 0 amide bonds. The number of piperidine rings is 1. The molecule has 0 radical (unpaired) electrons. The summed E-state index contributed by atoms with van der Waals surface area (Å²) in [5, 5.41) is 11.0. The number of aliphatic hydroxyl groups is 1. The quantitative estimate of drug-likeness (QED) is 0.707. The normalized spacial score (nSPS) is 21.0. The first kappa shape index (κ1) is 18.3. The van der Waals surface area contributed by atoms with Gasteiger partial charge in [0, 0.05) is 7.05 Å². The number of likely N-dealkylation sites (tertiary alicyclic amines) is 1. The second-order valence-electron chi connectivity index (χ2n) is 8.02. The van der Waals surface area contributed by atoms with Crippen molar-refractivity contribution in [3.63, 3.8) is 0 Å². The fraction of sp³-hybridized carbons (Fsp3) is 0.476. The Balaban J connectivity index is 1.55. The number of aliphatic hydroxyl groups excluding tert-OH is 1. The molecular weight excluding hydrogens is 366 g/mol. The minimum atomic E-state index is -0.890.